The standard InChI is InChI=1S/C10H15FN2O2S/c1-2-3-6-16(14,15)13-10-7-8(12)4-5-9(10)11/h4-5,7,13H,2-3,6,12H2,1H3. The molecule has 4 nitrogen and oxygen atoms in total. The highest BCUT2D eigenvalue weighted by molar-refractivity contribution is 7.92. The molecule has 6 heteroatoms. The molecule has 0 atom stereocenters. The summed E-state index contributed by atoms with van der Waals surface area (Å²) in [5.41, 5.74) is 5.66. The number of hydrogen-bond donors (Lipinski definition) is 2. The van der Waals surface area contributed by atoms with Crippen molar-refractivity contribution in [3.8, 4) is 0 Å². The Morgan fingerprint density at radius 3 is 2.75 bits per heavy atom. The molecule has 0 saturated carbocycles. The first-order valence-electron chi connectivity index (χ1n) is 5.00. The predicted molar refractivity (Wildman–Crippen MR) is 63.1 cm³/mol. The van der Waals surface area contributed by atoms with Crippen LogP contribution >= 0.6 is 0 Å². The number of hydrogen-bond acceptors (Lipinski definition) is 3. The van der Waals surface area contributed by atoms with Crippen molar-refractivity contribution in [1.29, 1.82) is 0 Å². The van der Waals surface area contributed by atoms with Crippen LogP contribution in [0.1, 0.15) is 19.8 Å². The average Bonchev–Trinajstić information content (AvgIpc) is 2.20. The van der Waals surface area contributed by atoms with Crippen LogP contribution in [0.15, 0.2) is 18.2 Å². The first kappa shape index (κ1) is 12.8. The van der Waals surface area contributed by atoms with E-state index in [4.69, 9.17) is 5.73 Å². The van der Waals surface area contributed by atoms with Gasteiger partial charge in [-0.3, -0.25) is 4.72 Å². The average molecular weight is 246 g/mol. The van der Waals surface area contributed by atoms with E-state index in [-0.39, 0.29) is 11.4 Å². The highest BCUT2D eigenvalue weighted by atomic mass is 32.2. The van der Waals surface area contributed by atoms with Crippen molar-refractivity contribution in [2.75, 3.05) is 16.2 Å². The minimum atomic E-state index is -3.48. The highest BCUT2D eigenvalue weighted by Crippen LogP contribution is 2.18. The van der Waals surface area contributed by atoms with Gasteiger partial charge in [0.25, 0.3) is 0 Å². The van der Waals surface area contributed by atoms with Crippen LogP contribution in [0.25, 0.3) is 0 Å². The molecule has 0 unspecified atom stereocenters. The number of rotatable bonds is 5. The zero-order valence-corrected chi connectivity index (χ0v) is 9.85. The Bertz CT molecular complexity index is 460. The van der Waals surface area contributed by atoms with Gasteiger partial charge in [-0.1, -0.05) is 13.3 Å². The summed E-state index contributed by atoms with van der Waals surface area (Å²) in [6.45, 7) is 1.89. The SMILES string of the molecule is CCCCS(=O)(=O)Nc1cc(N)ccc1F. The van der Waals surface area contributed by atoms with Gasteiger partial charge in [-0.25, -0.2) is 12.8 Å². The van der Waals surface area contributed by atoms with E-state index in [0.29, 0.717) is 12.1 Å². The van der Waals surface area contributed by atoms with Crippen LogP contribution in [-0.2, 0) is 10.0 Å². The van der Waals surface area contributed by atoms with Crippen LogP contribution in [0, 0.1) is 5.82 Å². The maximum Gasteiger partial charge on any atom is 0.232 e. The van der Waals surface area contributed by atoms with Gasteiger partial charge in [0.05, 0.1) is 11.4 Å². The third-order valence-corrected chi connectivity index (χ3v) is 3.38. The molecule has 16 heavy (non-hydrogen) atoms. The Morgan fingerprint density at radius 1 is 1.44 bits per heavy atom. The van der Waals surface area contributed by atoms with Crippen LogP contribution in [0.3, 0.4) is 0 Å². The summed E-state index contributed by atoms with van der Waals surface area (Å²) in [6, 6.07) is 3.77. The van der Waals surface area contributed by atoms with Crippen molar-refractivity contribution >= 4 is 21.4 Å². The van der Waals surface area contributed by atoms with Gasteiger partial charge in [-0.15, -0.1) is 0 Å². The van der Waals surface area contributed by atoms with Crippen molar-refractivity contribution in [3.63, 3.8) is 0 Å². The third-order valence-electron chi connectivity index (χ3n) is 2.02. The Hall–Kier alpha value is -1.30. The summed E-state index contributed by atoms with van der Waals surface area (Å²) in [4.78, 5) is 0. The predicted octanol–water partition coefficient (Wildman–Crippen LogP) is 1.95. The maximum atomic E-state index is 13.2. The molecule has 0 aliphatic heterocycles. The van der Waals surface area contributed by atoms with E-state index in [0.717, 1.165) is 12.5 Å². The van der Waals surface area contributed by atoms with Gasteiger partial charge >= 0.3 is 0 Å². The van der Waals surface area contributed by atoms with Crippen molar-refractivity contribution in [2.24, 2.45) is 0 Å². The van der Waals surface area contributed by atoms with Crippen LogP contribution in [0.5, 0.6) is 0 Å². The number of benzene rings is 1. The minimum absolute atomic E-state index is 0.0161. The second-order valence-electron chi connectivity index (χ2n) is 3.51. The fourth-order valence-electron chi connectivity index (χ4n) is 1.17. The Morgan fingerprint density at radius 2 is 2.12 bits per heavy atom. The molecule has 0 spiro atoms. The van der Waals surface area contributed by atoms with E-state index in [1.165, 1.54) is 12.1 Å². The fourth-order valence-corrected chi connectivity index (χ4v) is 2.44. The number of halogens is 1. The number of nitrogens with two attached hydrogens (primary N) is 1. The minimum Gasteiger partial charge on any atom is -0.399 e. The molecule has 0 aliphatic carbocycles. The number of sulfonamides is 1. The number of nitrogens with one attached hydrogen (secondary N) is 1. The van der Waals surface area contributed by atoms with Crippen molar-refractivity contribution in [1.82, 2.24) is 0 Å². The van der Waals surface area contributed by atoms with Gasteiger partial charge in [0, 0.05) is 5.69 Å². The lowest BCUT2D eigenvalue weighted by Gasteiger charge is -2.08. The van der Waals surface area contributed by atoms with Gasteiger partial charge < -0.3 is 5.73 Å². The second kappa shape index (κ2) is 5.16. The van der Waals surface area contributed by atoms with E-state index in [1.807, 2.05) is 6.92 Å². The molecule has 0 aliphatic rings. The quantitative estimate of drug-likeness (QED) is 0.780. The summed E-state index contributed by atoms with van der Waals surface area (Å²) in [7, 11) is -3.48. The summed E-state index contributed by atoms with van der Waals surface area (Å²) in [5.74, 6) is -0.646. The monoisotopic (exact) mass is 246 g/mol. The van der Waals surface area contributed by atoms with E-state index in [1.54, 1.807) is 0 Å². The molecular formula is C10H15FN2O2S. The number of nitrogen functional groups attached to an aromatic ring is 1. The lowest BCUT2D eigenvalue weighted by Crippen LogP contribution is -2.17. The van der Waals surface area contributed by atoms with Crippen LogP contribution in [0.4, 0.5) is 15.8 Å². The molecule has 1 rings (SSSR count). The van der Waals surface area contributed by atoms with Gasteiger partial charge in [-0.05, 0) is 24.6 Å². The maximum absolute atomic E-state index is 13.2. The molecule has 0 aromatic heterocycles. The molecule has 0 radical (unpaired) electrons. The molecular weight excluding hydrogens is 231 g/mol. The summed E-state index contributed by atoms with van der Waals surface area (Å²) in [6.07, 6.45) is 1.31. The largest absolute Gasteiger partial charge is 0.399 e. The lowest BCUT2D eigenvalue weighted by molar-refractivity contribution is 0.595. The topological polar surface area (TPSA) is 72.2 Å². The van der Waals surface area contributed by atoms with Gasteiger partial charge in [-0.2, -0.15) is 0 Å². The van der Waals surface area contributed by atoms with E-state index >= 15 is 0 Å². The van der Waals surface area contributed by atoms with Gasteiger partial charge in [0.2, 0.25) is 10.0 Å². The molecule has 0 heterocycles. The van der Waals surface area contributed by atoms with Crippen LogP contribution in [0.2, 0.25) is 0 Å². The molecule has 90 valence electrons. The summed E-state index contributed by atoms with van der Waals surface area (Å²) in [5, 5.41) is 0. The number of anilines is 2. The Kier molecular flexibility index (Phi) is 4.12. The number of unbranched alkanes of at least 4 members (excludes halogenated alkanes) is 1. The molecule has 0 bridgehead atoms. The van der Waals surface area contributed by atoms with Crippen molar-refractivity contribution in [2.45, 2.75) is 19.8 Å². The summed E-state index contributed by atoms with van der Waals surface area (Å²) >= 11 is 0. The van der Waals surface area contributed by atoms with E-state index < -0.39 is 15.8 Å². The molecule has 0 amide bonds. The Balaban J connectivity index is 2.83. The first-order chi connectivity index (χ1) is 7.44. The van der Waals surface area contributed by atoms with E-state index in [9.17, 15) is 12.8 Å². The molecule has 0 fully saturated rings. The highest BCUT2D eigenvalue weighted by Gasteiger charge is 2.12. The van der Waals surface area contributed by atoms with Crippen LogP contribution in [-0.4, -0.2) is 14.2 Å². The Labute approximate surface area is 94.7 Å². The lowest BCUT2D eigenvalue weighted by atomic mass is 10.3. The normalized spacial score (nSPS) is 11.4. The first-order valence-corrected chi connectivity index (χ1v) is 6.65. The van der Waals surface area contributed by atoms with Gasteiger partial charge in [0.15, 0.2) is 0 Å². The molecule has 1 aromatic rings. The zero-order valence-electron chi connectivity index (χ0n) is 9.03. The van der Waals surface area contributed by atoms with Gasteiger partial charge in [0.1, 0.15) is 5.82 Å². The van der Waals surface area contributed by atoms with Crippen molar-refractivity contribution in [3.05, 3.63) is 24.0 Å². The smallest absolute Gasteiger partial charge is 0.232 e. The third kappa shape index (κ3) is 3.69. The fraction of sp³-hybridized carbons (Fsp3) is 0.400. The van der Waals surface area contributed by atoms with Crippen molar-refractivity contribution < 1.29 is 12.8 Å². The van der Waals surface area contributed by atoms with Crippen LogP contribution < -0.4 is 10.5 Å². The molecule has 1 aromatic carbocycles. The molecule has 3 N–H and O–H groups in total. The van der Waals surface area contributed by atoms with E-state index in [2.05, 4.69) is 4.72 Å². The summed E-state index contributed by atoms with van der Waals surface area (Å²) < 4.78 is 38.4. The second-order valence-corrected chi connectivity index (χ2v) is 5.36. The zero-order chi connectivity index (χ0) is 12.2. The molecule has 0 saturated heterocycles.